The van der Waals surface area contributed by atoms with Crippen LogP contribution in [-0.4, -0.2) is 55.5 Å². The minimum atomic E-state index is -0.526. The topological polar surface area (TPSA) is 63.2 Å². The maximum Gasteiger partial charge on any atom is 0.362 e. The van der Waals surface area contributed by atoms with Crippen molar-refractivity contribution in [2.24, 2.45) is 15.1 Å². The molecule has 0 saturated carbocycles. The number of quaternary nitrogens is 1. The largest absolute Gasteiger partial charge is 1.00 e. The van der Waals surface area contributed by atoms with Crippen LogP contribution in [0.3, 0.4) is 0 Å². The van der Waals surface area contributed by atoms with E-state index in [1.54, 1.807) is 18.3 Å². The number of aliphatic imine (C=N–C) groups is 2. The molecule has 2 saturated heterocycles. The second-order valence-corrected chi connectivity index (χ2v) is 8.23. The number of halogens is 3. The number of guanidine groups is 1. The molecule has 1 atom stereocenters. The van der Waals surface area contributed by atoms with Gasteiger partial charge >= 0.3 is 5.96 Å². The monoisotopic (exact) mass is 467 g/mol. The van der Waals surface area contributed by atoms with E-state index in [9.17, 15) is 4.39 Å². The fraction of sp³-hybridized carbons (Fsp3) is 0.476. The number of rotatable bonds is 2. The average Bonchev–Trinajstić information content (AvgIpc) is 3.41. The van der Waals surface area contributed by atoms with Gasteiger partial charge in [0, 0.05) is 31.5 Å². The van der Waals surface area contributed by atoms with Crippen molar-refractivity contribution in [2.75, 3.05) is 26.3 Å². The molecular weight excluding hydrogens is 444 g/mol. The van der Waals surface area contributed by atoms with E-state index in [-0.39, 0.29) is 18.2 Å². The first-order chi connectivity index (χ1) is 14.7. The van der Waals surface area contributed by atoms with Crippen LogP contribution in [0.15, 0.2) is 39.1 Å². The van der Waals surface area contributed by atoms with Crippen LogP contribution in [0.5, 0.6) is 0 Å². The summed E-state index contributed by atoms with van der Waals surface area (Å²) in [6.07, 6.45) is 7.92. The number of fused-ring (bicyclic) bond motifs is 1. The Kier molecular flexibility index (Phi) is 6.74. The lowest BCUT2D eigenvalue weighted by Gasteiger charge is -2.32. The SMILES string of the molecule is Fc1cccc(Cl)c1C1=C(N2CCCCCC3(CC2)OCCO3)[NH+]2N=CN=C2N=C1.[Cl-]. The van der Waals surface area contributed by atoms with Crippen molar-refractivity contribution in [1.29, 1.82) is 0 Å². The number of hydrogen-bond acceptors (Lipinski definition) is 6. The summed E-state index contributed by atoms with van der Waals surface area (Å²) in [7, 11) is 0. The molecule has 4 heterocycles. The second kappa shape index (κ2) is 9.34. The van der Waals surface area contributed by atoms with Crippen LogP contribution in [0.1, 0.15) is 37.7 Å². The minimum Gasteiger partial charge on any atom is -1.00 e. The van der Waals surface area contributed by atoms with E-state index in [4.69, 9.17) is 21.1 Å². The molecule has 5 rings (SSSR count). The lowest BCUT2D eigenvalue weighted by molar-refractivity contribution is -0.778. The van der Waals surface area contributed by atoms with Crippen molar-refractivity contribution in [2.45, 2.75) is 37.9 Å². The van der Waals surface area contributed by atoms with Gasteiger partial charge in [0.25, 0.3) is 0 Å². The molecule has 1 unspecified atom stereocenters. The highest BCUT2D eigenvalue weighted by Gasteiger charge is 2.41. The number of allylic oxidation sites excluding steroid dienone is 1. The molecule has 4 aliphatic rings. The van der Waals surface area contributed by atoms with E-state index in [0.29, 0.717) is 46.9 Å². The molecule has 1 aromatic rings. The van der Waals surface area contributed by atoms with Gasteiger partial charge in [-0.2, -0.15) is 9.98 Å². The maximum atomic E-state index is 14.9. The average molecular weight is 468 g/mol. The van der Waals surface area contributed by atoms with E-state index < -0.39 is 5.79 Å². The lowest BCUT2D eigenvalue weighted by Crippen LogP contribution is -3.09. The Balaban J connectivity index is 0.00000231. The Morgan fingerprint density at radius 3 is 2.74 bits per heavy atom. The maximum absolute atomic E-state index is 14.9. The first-order valence-corrected chi connectivity index (χ1v) is 10.8. The molecule has 2 fully saturated rings. The molecule has 0 aromatic heterocycles. The first-order valence-electron chi connectivity index (χ1n) is 10.4. The normalized spacial score (nSPS) is 25.0. The molecule has 0 amide bonds. The quantitative estimate of drug-likeness (QED) is 0.634. The summed E-state index contributed by atoms with van der Waals surface area (Å²) in [6, 6.07) is 4.71. The molecule has 7 nitrogen and oxygen atoms in total. The van der Waals surface area contributed by atoms with Crippen LogP contribution in [0.25, 0.3) is 5.57 Å². The van der Waals surface area contributed by atoms with Crippen LogP contribution in [-0.2, 0) is 9.47 Å². The van der Waals surface area contributed by atoms with E-state index in [1.165, 1.54) is 12.4 Å². The number of nitrogens with one attached hydrogen (secondary N) is 1. The van der Waals surface area contributed by atoms with Crippen molar-refractivity contribution in [1.82, 2.24) is 4.90 Å². The zero-order valence-electron chi connectivity index (χ0n) is 17.0. The zero-order chi connectivity index (χ0) is 20.6. The fourth-order valence-corrected chi connectivity index (χ4v) is 4.78. The zero-order valence-corrected chi connectivity index (χ0v) is 18.5. The van der Waals surface area contributed by atoms with Gasteiger partial charge < -0.3 is 26.8 Å². The number of nitrogens with zero attached hydrogens (tertiary/aromatic N) is 4. The Morgan fingerprint density at radius 2 is 1.94 bits per heavy atom. The summed E-state index contributed by atoms with van der Waals surface area (Å²) in [6.45, 7) is 2.78. The fourth-order valence-electron chi connectivity index (χ4n) is 4.52. The van der Waals surface area contributed by atoms with Crippen LogP contribution in [0.2, 0.25) is 5.02 Å². The van der Waals surface area contributed by atoms with Crippen LogP contribution in [0, 0.1) is 5.82 Å². The second-order valence-electron chi connectivity index (χ2n) is 7.82. The Hall–Kier alpha value is -1.84. The first kappa shape index (κ1) is 22.4. The van der Waals surface area contributed by atoms with Crippen molar-refractivity contribution in [3.63, 3.8) is 0 Å². The van der Waals surface area contributed by atoms with Crippen molar-refractivity contribution < 1.29 is 31.3 Å². The van der Waals surface area contributed by atoms with Gasteiger partial charge in [0.05, 0.1) is 30.0 Å². The Morgan fingerprint density at radius 1 is 1.10 bits per heavy atom. The number of benzene rings is 1. The Bertz CT molecular complexity index is 939. The van der Waals surface area contributed by atoms with Crippen LogP contribution in [0.4, 0.5) is 4.39 Å². The van der Waals surface area contributed by atoms with E-state index >= 15 is 0 Å². The number of ether oxygens (including phenoxy) is 2. The summed E-state index contributed by atoms with van der Waals surface area (Å²) in [4.78, 5) is 10.9. The van der Waals surface area contributed by atoms with Crippen LogP contribution < -0.4 is 17.4 Å². The minimum absolute atomic E-state index is 0. The summed E-state index contributed by atoms with van der Waals surface area (Å²) >= 11 is 6.42. The predicted molar refractivity (Wildman–Crippen MR) is 113 cm³/mol. The molecule has 1 spiro atoms. The molecule has 1 aromatic carbocycles. The standard InChI is InChI=1S/C21H23ClFN5O2.ClH/c22-16-5-4-6-17(23)18(16)15-13-24-20-25-14-26-28(20)19(15)27-9-3-1-2-7-21(8-10-27)29-11-12-30-21;/h4-6,13-14H,1-3,7-12H2;1H. The summed E-state index contributed by atoms with van der Waals surface area (Å²) in [5, 5.41) is 5.47. The van der Waals surface area contributed by atoms with Gasteiger partial charge in [-0.25, -0.2) is 4.39 Å². The molecule has 0 radical (unpaired) electrons. The third-order valence-electron chi connectivity index (χ3n) is 5.98. The molecule has 1 N–H and O–H groups in total. The molecular formula is C21H24Cl2FN5O2. The molecule has 10 heteroatoms. The number of hydrogen-bond donors (Lipinski definition) is 1. The van der Waals surface area contributed by atoms with Crippen LogP contribution >= 0.6 is 11.6 Å². The predicted octanol–water partition coefficient (Wildman–Crippen LogP) is -0.557. The molecule has 4 aliphatic heterocycles. The van der Waals surface area contributed by atoms with Crippen molar-refractivity contribution >= 4 is 35.7 Å². The van der Waals surface area contributed by atoms with Gasteiger partial charge in [-0.15, -0.1) is 0 Å². The molecule has 0 aliphatic carbocycles. The summed E-state index contributed by atoms with van der Waals surface area (Å²) < 4.78 is 26.9. The van der Waals surface area contributed by atoms with E-state index in [2.05, 4.69) is 20.0 Å². The molecule has 0 bridgehead atoms. The van der Waals surface area contributed by atoms with Gasteiger partial charge in [0.15, 0.2) is 12.1 Å². The van der Waals surface area contributed by atoms with Gasteiger partial charge in [-0.3, -0.25) is 0 Å². The third-order valence-corrected chi connectivity index (χ3v) is 6.30. The smallest absolute Gasteiger partial charge is 0.362 e. The van der Waals surface area contributed by atoms with Gasteiger partial charge in [0.1, 0.15) is 5.82 Å². The van der Waals surface area contributed by atoms with E-state index in [1.807, 2.05) is 0 Å². The van der Waals surface area contributed by atoms with Crippen molar-refractivity contribution in [3.8, 4) is 0 Å². The highest BCUT2D eigenvalue weighted by Crippen LogP contribution is 2.33. The highest BCUT2D eigenvalue weighted by molar-refractivity contribution is 6.34. The summed E-state index contributed by atoms with van der Waals surface area (Å²) in [5.74, 6) is 0.457. The van der Waals surface area contributed by atoms with Gasteiger partial charge in [0.2, 0.25) is 5.82 Å². The van der Waals surface area contributed by atoms with E-state index in [0.717, 1.165) is 44.5 Å². The summed E-state index contributed by atoms with van der Waals surface area (Å²) in [5.41, 5.74) is 0.974. The highest BCUT2D eigenvalue weighted by atomic mass is 35.5. The molecule has 31 heavy (non-hydrogen) atoms. The Labute approximate surface area is 191 Å². The van der Waals surface area contributed by atoms with Gasteiger partial charge in [-0.05, 0) is 25.0 Å². The van der Waals surface area contributed by atoms with Gasteiger partial charge in [-0.1, -0.05) is 34.2 Å². The van der Waals surface area contributed by atoms with Crippen molar-refractivity contribution in [3.05, 3.63) is 40.4 Å². The lowest BCUT2D eigenvalue weighted by atomic mass is 10.0. The molecule has 166 valence electrons. The third kappa shape index (κ3) is 4.27.